The van der Waals surface area contributed by atoms with Crippen molar-refractivity contribution in [3.05, 3.63) is 40.3 Å². The van der Waals surface area contributed by atoms with Crippen LogP contribution in [0.3, 0.4) is 0 Å². The maximum atomic E-state index is 12.4. The lowest BCUT2D eigenvalue weighted by atomic mass is 9.96. The number of para-hydroxylation sites is 2. The highest BCUT2D eigenvalue weighted by Gasteiger charge is 2.27. The van der Waals surface area contributed by atoms with Gasteiger partial charge in [0.15, 0.2) is 0 Å². The van der Waals surface area contributed by atoms with E-state index in [1.54, 1.807) is 11.0 Å². The summed E-state index contributed by atoms with van der Waals surface area (Å²) in [5, 5.41) is 0. The highest BCUT2D eigenvalue weighted by Crippen LogP contribution is 2.19. The fourth-order valence-electron chi connectivity index (χ4n) is 3.15. The van der Waals surface area contributed by atoms with Crippen molar-refractivity contribution >= 4 is 22.9 Å². The number of amides is 1. The maximum Gasteiger partial charge on any atom is 0.308 e. The number of benzene rings is 1. The van der Waals surface area contributed by atoms with Gasteiger partial charge >= 0.3 is 5.97 Å². The lowest BCUT2D eigenvalue weighted by Crippen LogP contribution is -2.40. The van der Waals surface area contributed by atoms with Crippen molar-refractivity contribution in [2.45, 2.75) is 25.7 Å². The fourth-order valence-corrected chi connectivity index (χ4v) is 3.15. The van der Waals surface area contributed by atoms with Crippen LogP contribution in [0.2, 0.25) is 0 Å². The van der Waals surface area contributed by atoms with Gasteiger partial charge in [0.2, 0.25) is 5.91 Å². The normalized spacial score (nSPS) is 15.3. The van der Waals surface area contributed by atoms with Crippen LogP contribution in [0.25, 0.3) is 11.0 Å². The number of nitrogens with one attached hydrogen (secondary N) is 1. The molecule has 1 N–H and O–H groups in total. The summed E-state index contributed by atoms with van der Waals surface area (Å²) < 4.78 is 4.75. The second-order valence-electron chi connectivity index (χ2n) is 6.21. The van der Waals surface area contributed by atoms with E-state index in [1.165, 1.54) is 7.11 Å². The summed E-state index contributed by atoms with van der Waals surface area (Å²) in [7, 11) is 1.38. The van der Waals surface area contributed by atoms with Crippen LogP contribution in [0.1, 0.15) is 25.0 Å². The molecule has 1 fully saturated rings. The van der Waals surface area contributed by atoms with E-state index in [9.17, 15) is 14.4 Å². The lowest BCUT2D eigenvalue weighted by Gasteiger charge is -2.30. The zero-order valence-corrected chi connectivity index (χ0v) is 14.2. The van der Waals surface area contributed by atoms with Crippen molar-refractivity contribution < 1.29 is 14.3 Å². The molecule has 1 amide bonds. The van der Waals surface area contributed by atoms with Crippen LogP contribution in [0.15, 0.2) is 29.1 Å². The zero-order valence-electron chi connectivity index (χ0n) is 14.2. The van der Waals surface area contributed by atoms with Crippen molar-refractivity contribution in [1.29, 1.82) is 0 Å². The molecule has 1 aliphatic rings. The molecule has 0 atom stereocenters. The average molecular weight is 343 g/mol. The van der Waals surface area contributed by atoms with Gasteiger partial charge in [0, 0.05) is 25.9 Å². The molecule has 0 unspecified atom stereocenters. The van der Waals surface area contributed by atoms with Gasteiger partial charge in [-0.1, -0.05) is 12.1 Å². The quantitative estimate of drug-likeness (QED) is 0.844. The second kappa shape index (κ2) is 7.46. The van der Waals surface area contributed by atoms with Crippen molar-refractivity contribution in [3.8, 4) is 0 Å². The molecule has 7 nitrogen and oxygen atoms in total. The summed E-state index contributed by atoms with van der Waals surface area (Å²) in [5.41, 5.74) is 1.52. The molecule has 3 rings (SSSR count). The van der Waals surface area contributed by atoms with E-state index in [2.05, 4.69) is 9.97 Å². The highest BCUT2D eigenvalue weighted by molar-refractivity contribution is 5.78. The minimum absolute atomic E-state index is 0.0160. The third kappa shape index (κ3) is 3.87. The van der Waals surface area contributed by atoms with Gasteiger partial charge in [-0.3, -0.25) is 14.4 Å². The molecule has 0 spiro atoms. The number of hydrogen-bond donors (Lipinski definition) is 1. The molecule has 1 aliphatic heterocycles. The topological polar surface area (TPSA) is 92.4 Å². The monoisotopic (exact) mass is 343 g/mol. The average Bonchev–Trinajstić information content (AvgIpc) is 2.65. The predicted octanol–water partition coefficient (Wildman–Crippen LogP) is 1.27. The Hall–Kier alpha value is -2.70. The van der Waals surface area contributed by atoms with Crippen LogP contribution in [0.5, 0.6) is 0 Å². The number of aryl methyl sites for hydroxylation is 1. The number of H-pyrrole nitrogens is 1. The van der Waals surface area contributed by atoms with E-state index in [0.717, 1.165) is 0 Å². The van der Waals surface area contributed by atoms with E-state index in [0.29, 0.717) is 49.1 Å². The molecule has 1 saturated heterocycles. The van der Waals surface area contributed by atoms with Crippen molar-refractivity contribution in [1.82, 2.24) is 14.9 Å². The Morgan fingerprint density at radius 3 is 2.72 bits per heavy atom. The van der Waals surface area contributed by atoms with Crippen LogP contribution in [0, 0.1) is 5.92 Å². The number of aromatic nitrogens is 2. The van der Waals surface area contributed by atoms with Gasteiger partial charge in [-0.15, -0.1) is 0 Å². The molecule has 0 bridgehead atoms. The molecule has 0 radical (unpaired) electrons. The Labute approximate surface area is 145 Å². The number of nitrogens with zero attached hydrogens (tertiary/aromatic N) is 2. The predicted molar refractivity (Wildman–Crippen MR) is 92.0 cm³/mol. The minimum atomic E-state index is -0.254. The number of esters is 1. The molecular formula is C18H21N3O4. The third-order valence-corrected chi connectivity index (χ3v) is 4.63. The first-order valence-electron chi connectivity index (χ1n) is 8.42. The largest absolute Gasteiger partial charge is 0.469 e. The fraction of sp³-hybridized carbons (Fsp3) is 0.444. The molecule has 1 aromatic heterocycles. The van der Waals surface area contributed by atoms with Crippen molar-refractivity contribution in [2.75, 3.05) is 20.2 Å². The Morgan fingerprint density at radius 2 is 2.00 bits per heavy atom. The summed E-state index contributed by atoms with van der Waals surface area (Å²) in [6, 6.07) is 7.31. The van der Waals surface area contributed by atoms with E-state index in [4.69, 9.17) is 4.74 Å². The molecule has 25 heavy (non-hydrogen) atoms. The maximum absolute atomic E-state index is 12.4. The first-order chi connectivity index (χ1) is 12.1. The standard InChI is InChI=1S/C18H21N3O4/c1-25-18(24)12-8-10-21(11-9-12)16(22)7-6-15-17(23)20-14-5-3-2-4-13(14)19-15/h2-5,12H,6-11H2,1H3,(H,20,23). The van der Waals surface area contributed by atoms with E-state index < -0.39 is 0 Å². The number of methoxy groups -OCH3 is 1. The Kier molecular flexibility index (Phi) is 5.11. The highest BCUT2D eigenvalue weighted by atomic mass is 16.5. The van der Waals surface area contributed by atoms with Crippen molar-refractivity contribution in [2.24, 2.45) is 5.92 Å². The third-order valence-electron chi connectivity index (χ3n) is 4.63. The van der Waals surface area contributed by atoms with Crippen LogP contribution in [-0.2, 0) is 20.7 Å². The number of hydrogen-bond acceptors (Lipinski definition) is 5. The molecule has 132 valence electrons. The number of carbonyl (C=O) groups excluding carboxylic acids is 2. The SMILES string of the molecule is COC(=O)C1CCN(C(=O)CCc2nc3ccccc3[nH]c2=O)CC1. The van der Waals surface area contributed by atoms with Crippen LogP contribution < -0.4 is 5.56 Å². The minimum Gasteiger partial charge on any atom is -0.469 e. The Balaban J connectivity index is 1.59. The van der Waals surface area contributed by atoms with E-state index >= 15 is 0 Å². The smallest absolute Gasteiger partial charge is 0.308 e. The van der Waals surface area contributed by atoms with Gasteiger partial charge in [-0.2, -0.15) is 0 Å². The number of ether oxygens (including phenoxy) is 1. The number of carbonyl (C=O) groups is 2. The summed E-state index contributed by atoms with van der Waals surface area (Å²) in [5.74, 6) is -0.351. The molecule has 1 aromatic carbocycles. The van der Waals surface area contributed by atoms with Crippen LogP contribution >= 0.6 is 0 Å². The second-order valence-corrected chi connectivity index (χ2v) is 6.21. The Morgan fingerprint density at radius 1 is 1.28 bits per heavy atom. The molecule has 0 aliphatic carbocycles. The molecule has 2 aromatic rings. The summed E-state index contributed by atoms with van der Waals surface area (Å²) >= 11 is 0. The molecular weight excluding hydrogens is 322 g/mol. The first-order valence-corrected chi connectivity index (χ1v) is 8.42. The van der Waals surface area contributed by atoms with Gasteiger partial charge in [0.25, 0.3) is 5.56 Å². The van der Waals surface area contributed by atoms with Gasteiger partial charge in [-0.25, -0.2) is 4.98 Å². The number of fused-ring (bicyclic) bond motifs is 1. The van der Waals surface area contributed by atoms with Gasteiger partial charge < -0.3 is 14.6 Å². The first kappa shape index (κ1) is 17.1. The van der Waals surface area contributed by atoms with Crippen molar-refractivity contribution in [3.63, 3.8) is 0 Å². The van der Waals surface area contributed by atoms with E-state index in [-0.39, 0.29) is 29.8 Å². The molecule has 0 saturated carbocycles. The summed E-state index contributed by atoms with van der Waals surface area (Å²) in [4.78, 5) is 44.9. The van der Waals surface area contributed by atoms with Gasteiger partial charge in [0.05, 0.1) is 24.1 Å². The summed E-state index contributed by atoms with van der Waals surface area (Å²) in [6.07, 6.45) is 1.77. The Bertz CT molecular complexity index is 838. The zero-order chi connectivity index (χ0) is 17.8. The van der Waals surface area contributed by atoms with Crippen LogP contribution in [-0.4, -0.2) is 46.9 Å². The molecule has 2 heterocycles. The number of aromatic amines is 1. The number of likely N-dealkylation sites (tertiary alicyclic amines) is 1. The lowest BCUT2D eigenvalue weighted by molar-refractivity contribution is -0.148. The number of piperidine rings is 1. The van der Waals surface area contributed by atoms with E-state index in [1.807, 2.05) is 18.2 Å². The molecule has 7 heteroatoms. The number of rotatable bonds is 4. The van der Waals surface area contributed by atoms with Gasteiger partial charge in [-0.05, 0) is 25.0 Å². The van der Waals surface area contributed by atoms with Crippen LogP contribution in [0.4, 0.5) is 0 Å². The van der Waals surface area contributed by atoms with Gasteiger partial charge in [0.1, 0.15) is 5.69 Å². The summed E-state index contributed by atoms with van der Waals surface area (Å²) in [6.45, 7) is 1.08.